The average Bonchev–Trinajstić information content (AvgIpc) is 2.42. The van der Waals surface area contributed by atoms with Gasteiger partial charge >= 0.3 is 0 Å². The molecule has 1 N–H and O–H groups in total. The Labute approximate surface area is 144 Å². The van der Waals surface area contributed by atoms with Crippen molar-refractivity contribution in [3.63, 3.8) is 0 Å². The van der Waals surface area contributed by atoms with Crippen LogP contribution >= 0.6 is 46.4 Å². The van der Waals surface area contributed by atoms with Gasteiger partial charge in [-0.2, -0.15) is 0 Å². The van der Waals surface area contributed by atoms with E-state index in [1.807, 2.05) is 25.1 Å². The zero-order chi connectivity index (χ0) is 15.4. The van der Waals surface area contributed by atoms with Crippen LogP contribution in [0.4, 0.5) is 0 Å². The van der Waals surface area contributed by atoms with E-state index in [2.05, 4.69) is 10.3 Å². The smallest absolute Gasteiger partial charge is 0.0763 e. The van der Waals surface area contributed by atoms with E-state index in [9.17, 15) is 0 Å². The van der Waals surface area contributed by atoms with Gasteiger partial charge in [-0.15, -0.1) is 0 Å². The second-order valence-corrected chi connectivity index (χ2v) is 6.19. The number of nitrogens with zero attached hydrogens (tertiary/aromatic N) is 1. The fourth-order valence-corrected chi connectivity index (χ4v) is 3.19. The number of hydrogen-bond acceptors (Lipinski definition) is 2. The van der Waals surface area contributed by atoms with Gasteiger partial charge in [-0.3, -0.25) is 4.98 Å². The summed E-state index contributed by atoms with van der Waals surface area (Å²) in [5.41, 5.74) is 1.61. The number of hydrogen-bond donors (Lipinski definition) is 1. The number of nitrogens with one attached hydrogen (secondary N) is 1. The first kappa shape index (κ1) is 16.9. The third-order valence-electron chi connectivity index (χ3n) is 3.09. The highest BCUT2D eigenvalue weighted by Gasteiger charge is 2.19. The van der Waals surface area contributed by atoms with Gasteiger partial charge in [0.05, 0.1) is 21.8 Å². The second-order valence-electron chi connectivity index (χ2n) is 4.54. The Morgan fingerprint density at radius 3 is 2.33 bits per heavy atom. The van der Waals surface area contributed by atoms with Crippen LogP contribution in [0.25, 0.3) is 0 Å². The Balaban J connectivity index is 2.35. The summed E-state index contributed by atoms with van der Waals surface area (Å²) in [6.07, 6.45) is 2.18. The van der Waals surface area contributed by atoms with Crippen LogP contribution in [-0.4, -0.2) is 11.5 Å². The maximum absolute atomic E-state index is 6.25. The van der Waals surface area contributed by atoms with Crippen molar-refractivity contribution in [2.75, 3.05) is 6.54 Å². The highest BCUT2D eigenvalue weighted by Crippen LogP contribution is 2.31. The van der Waals surface area contributed by atoms with E-state index in [4.69, 9.17) is 46.4 Å². The Morgan fingerprint density at radius 1 is 1.10 bits per heavy atom. The predicted octanol–water partition coefficient (Wildman–Crippen LogP) is 5.59. The molecule has 0 saturated carbocycles. The van der Waals surface area contributed by atoms with Crippen molar-refractivity contribution in [1.29, 1.82) is 0 Å². The molecule has 0 aliphatic heterocycles. The molecule has 0 bridgehead atoms. The van der Waals surface area contributed by atoms with Gasteiger partial charge in [0.25, 0.3) is 0 Å². The second kappa shape index (κ2) is 7.66. The van der Waals surface area contributed by atoms with E-state index >= 15 is 0 Å². The number of pyridine rings is 1. The SMILES string of the molecule is CCNC(Cc1c(Cl)cccc1Cl)c1ncc(Cl)cc1Cl. The summed E-state index contributed by atoms with van der Waals surface area (Å²) in [5, 5.41) is 5.66. The molecule has 2 aromatic rings. The van der Waals surface area contributed by atoms with Gasteiger partial charge in [-0.1, -0.05) is 59.4 Å². The normalized spacial score (nSPS) is 12.4. The van der Waals surface area contributed by atoms with Crippen LogP contribution in [-0.2, 0) is 6.42 Å². The van der Waals surface area contributed by atoms with Crippen LogP contribution in [0.5, 0.6) is 0 Å². The van der Waals surface area contributed by atoms with Crippen molar-refractivity contribution in [2.24, 2.45) is 0 Å². The minimum absolute atomic E-state index is 0.0860. The molecule has 1 aromatic heterocycles. The molecule has 2 rings (SSSR count). The molecule has 6 heteroatoms. The van der Waals surface area contributed by atoms with Gasteiger partial charge in [0.1, 0.15) is 0 Å². The molecule has 2 nitrogen and oxygen atoms in total. The molecule has 0 amide bonds. The molecular weight excluding hydrogens is 350 g/mol. The number of rotatable bonds is 5. The summed E-state index contributed by atoms with van der Waals surface area (Å²) >= 11 is 24.6. The van der Waals surface area contributed by atoms with Crippen LogP contribution in [0.2, 0.25) is 20.1 Å². The third-order valence-corrected chi connectivity index (χ3v) is 4.30. The van der Waals surface area contributed by atoms with Crippen molar-refractivity contribution >= 4 is 46.4 Å². The van der Waals surface area contributed by atoms with Gasteiger partial charge < -0.3 is 5.32 Å². The molecule has 1 aromatic carbocycles. The Hall–Kier alpha value is -0.510. The lowest BCUT2D eigenvalue weighted by atomic mass is 10.0. The van der Waals surface area contributed by atoms with Gasteiger partial charge in [0, 0.05) is 16.2 Å². The zero-order valence-corrected chi connectivity index (χ0v) is 14.4. The van der Waals surface area contributed by atoms with E-state index in [1.54, 1.807) is 12.3 Å². The largest absolute Gasteiger partial charge is 0.309 e. The first-order valence-electron chi connectivity index (χ1n) is 6.50. The van der Waals surface area contributed by atoms with E-state index < -0.39 is 0 Å². The summed E-state index contributed by atoms with van der Waals surface area (Å²) in [7, 11) is 0. The van der Waals surface area contributed by atoms with Crippen LogP contribution in [0.15, 0.2) is 30.5 Å². The molecule has 1 atom stereocenters. The highest BCUT2D eigenvalue weighted by atomic mass is 35.5. The van der Waals surface area contributed by atoms with Crippen molar-refractivity contribution in [2.45, 2.75) is 19.4 Å². The monoisotopic (exact) mass is 362 g/mol. The molecule has 0 aliphatic carbocycles. The number of benzene rings is 1. The van der Waals surface area contributed by atoms with Crippen molar-refractivity contribution in [1.82, 2.24) is 10.3 Å². The Kier molecular flexibility index (Phi) is 6.15. The maximum Gasteiger partial charge on any atom is 0.0763 e. The molecule has 0 spiro atoms. The molecule has 0 radical (unpaired) electrons. The van der Waals surface area contributed by atoms with Crippen LogP contribution in [0.1, 0.15) is 24.2 Å². The minimum Gasteiger partial charge on any atom is -0.309 e. The lowest BCUT2D eigenvalue weighted by Crippen LogP contribution is -2.24. The maximum atomic E-state index is 6.25. The molecule has 1 unspecified atom stereocenters. The zero-order valence-electron chi connectivity index (χ0n) is 11.3. The summed E-state index contributed by atoms with van der Waals surface area (Å²) in [4.78, 5) is 4.34. The number of halogens is 4. The van der Waals surface area contributed by atoms with Crippen LogP contribution < -0.4 is 5.32 Å². The van der Waals surface area contributed by atoms with Gasteiger partial charge in [0.2, 0.25) is 0 Å². The standard InChI is InChI=1S/C15H14Cl4N2/c1-2-20-14(15-13(19)6-9(16)8-21-15)7-10-11(17)4-3-5-12(10)18/h3-6,8,14,20H,2,7H2,1H3. The van der Waals surface area contributed by atoms with Crippen molar-refractivity contribution in [3.05, 3.63) is 61.8 Å². The Morgan fingerprint density at radius 2 is 1.76 bits per heavy atom. The fraction of sp³-hybridized carbons (Fsp3) is 0.267. The van der Waals surface area contributed by atoms with Gasteiger partial charge in [0.15, 0.2) is 0 Å². The average molecular weight is 364 g/mol. The highest BCUT2D eigenvalue weighted by molar-refractivity contribution is 6.36. The quantitative estimate of drug-likeness (QED) is 0.748. The van der Waals surface area contributed by atoms with Crippen molar-refractivity contribution < 1.29 is 0 Å². The van der Waals surface area contributed by atoms with Gasteiger partial charge in [-0.05, 0) is 36.7 Å². The van der Waals surface area contributed by atoms with E-state index in [0.29, 0.717) is 26.5 Å². The van der Waals surface area contributed by atoms with E-state index in [0.717, 1.165) is 17.8 Å². The lowest BCUT2D eigenvalue weighted by molar-refractivity contribution is 0.537. The predicted molar refractivity (Wildman–Crippen MR) is 90.8 cm³/mol. The van der Waals surface area contributed by atoms with Gasteiger partial charge in [-0.25, -0.2) is 0 Å². The fourth-order valence-electron chi connectivity index (χ4n) is 2.12. The summed E-state index contributed by atoms with van der Waals surface area (Å²) < 4.78 is 0. The summed E-state index contributed by atoms with van der Waals surface area (Å²) in [6.45, 7) is 2.79. The lowest BCUT2D eigenvalue weighted by Gasteiger charge is -2.20. The molecular formula is C15H14Cl4N2. The van der Waals surface area contributed by atoms with E-state index in [1.165, 1.54) is 0 Å². The molecule has 0 saturated heterocycles. The first-order chi connectivity index (χ1) is 10.0. The third kappa shape index (κ3) is 4.24. The molecule has 1 heterocycles. The summed E-state index contributed by atoms with van der Waals surface area (Å²) in [6, 6.07) is 7.07. The number of likely N-dealkylation sites (N-methyl/N-ethyl adjacent to an activating group) is 1. The summed E-state index contributed by atoms with van der Waals surface area (Å²) in [5.74, 6) is 0. The van der Waals surface area contributed by atoms with Crippen LogP contribution in [0.3, 0.4) is 0 Å². The molecule has 0 fully saturated rings. The topological polar surface area (TPSA) is 24.9 Å². The number of aromatic nitrogens is 1. The minimum atomic E-state index is -0.0860. The molecule has 21 heavy (non-hydrogen) atoms. The molecule has 112 valence electrons. The Bertz CT molecular complexity index is 611. The van der Waals surface area contributed by atoms with Crippen molar-refractivity contribution in [3.8, 4) is 0 Å². The van der Waals surface area contributed by atoms with E-state index in [-0.39, 0.29) is 6.04 Å². The molecule has 0 aliphatic rings. The van der Waals surface area contributed by atoms with Crippen LogP contribution in [0, 0.1) is 0 Å². The first-order valence-corrected chi connectivity index (χ1v) is 8.01.